The van der Waals surface area contributed by atoms with Crippen molar-refractivity contribution in [2.24, 2.45) is 5.73 Å². The van der Waals surface area contributed by atoms with E-state index >= 15 is 0 Å². The number of benzene rings is 4. The van der Waals surface area contributed by atoms with Crippen LogP contribution in [0.3, 0.4) is 0 Å². The van der Waals surface area contributed by atoms with Gasteiger partial charge in [-0.1, -0.05) is 12.1 Å². The van der Waals surface area contributed by atoms with Crippen molar-refractivity contribution in [3.05, 3.63) is 112 Å². The maximum atomic E-state index is 13.0. The molecule has 5 aromatic rings. The van der Waals surface area contributed by atoms with E-state index in [-0.39, 0.29) is 17.0 Å². The number of nitrogens with two attached hydrogens (primary N) is 1. The van der Waals surface area contributed by atoms with Crippen LogP contribution in [-0.2, 0) is 25.5 Å². The predicted molar refractivity (Wildman–Crippen MR) is 212 cm³/mol. The topological polar surface area (TPSA) is 162 Å². The number of carbonyl (C=O) groups is 3. The normalized spacial score (nSPS) is 10.9. The maximum absolute atomic E-state index is 13.0. The Morgan fingerprint density at radius 1 is 0.661 bits per heavy atom. The van der Waals surface area contributed by atoms with Gasteiger partial charge in [-0.2, -0.15) is 0 Å². The molecule has 1 aromatic heterocycles. The van der Waals surface area contributed by atoms with E-state index in [4.69, 9.17) is 39.1 Å². The number of aromatic nitrogens is 2. The number of methoxy groups -OCH3 is 4. The number of esters is 2. The van der Waals surface area contributed by atoms with Gasteiger partial charge >= 0.3 is 11.9 Å². The SMILES string of the molecule is COC(=O)c1cc(C(=O)OC)cc(-c2nc(-c3ccc(OC)c(C)c3)c(-c3ccc(OC)c(C)c3)n2Cc2ccc(C(=O)NCCOCCOCCN)cc2)c1. The fourth-order valence-electron chi connectivity index (χ4n) is 6.29. The lowest BCUT2D eigenvalue weighted by Gasteiger charge is -2.16. The van der Waals surface area contributed by atoms with Crippen LogP contribution in [0.5, 0.6) is 11.5 Å². The first kappa shape index (κ1) is 41.1. The molecule has 56 heavy (non-hydrogen) atoms. The second-order valence-electron chi connectivity index (χ2n) is 12.8. The van der Waals surface area contributed by atoms with Crippen LogP contribution in [-0.4, -0.2) is 95.4 Å². The third-order valence-electron chi connectivity index (χ3n) is 9.06. The van der Waals surface area contributed by atoms with Crippen LogP contribution in [0.1, 0.15) is 47.8 Å². The highest BCUT2D eigenvalue weighted by atomic mass is 16.5. The molecular weight excluding hydrogens is 716 g/mol. The third kappa shape index (κ3) is 9.79. The summed E-state index contributed by atoms with van der Waals surface area (Å²) in [6.07, 6.45) is 0. The average molecular weight is 765 g/mol. The smallest absolute Gasteiger partial charge is 0.337 e. The van der Waals surface area contributed by atoms with Gasteiger partial charge in [-0.25, -0.2) is 14.6 Å². The van der Waals surface area contributed by atoms with Crippen molar-refractivity contribution < 1.29 is 42.8 Å². The molecule has 0 radical (unpaired) electrons. The summed E-state index contributed by atoms with van der Waals surface area (Å²) in [5.41, 5.74) is 12.5. The van der Waals surface area contributed by atoms with Gasteiger partial charge in [-0.05, 0) is 97.3 Å². The van der Waals surface area contributed by atoms with Crippen LogP contribution < -0.4 is 20.5 Å². The Morgan fingerprint density at radius 2 is 1.23 bits per heavy atom. The van der Waals surface area contributed by atoms with Gasteiger partial charge in [0.1, 0.15) is 17.3 Å². The number of rotatable bonds is 18. The van der Waals surface area contributed by atoms with Crippen LogP contribution in [0.25, 0.3) is 33.9 Å². The van der Waals surface area contributed by atoms with Crippen LogP contribution in [0, 0.1) is 13.8 Å². The van der Waals surface area contributed by atoms with Crippen molar-refractivity contribution in [1.82, 2.24) is 14.9 Å². The molecule has 0 bridgehead atoms. The first-order chi connectivity index (χ1) is 27.1. The van der Waals surface area contributed by atoms with Gasteiger partial charge in [0.15, 0.2) is 0 Å². The first-order valence-corrected chi connectivity index (χ1v) is 18.1. The summed E-state index contributed by atoms with van der Waals surface area (Å²) in [5.74, 6) is 0.460. The van der Waals surface area contributed by atoms with Crippen LogP contribution >= 0.6 is 0 Å². The molecule has 294 valence electrons. The van der Waals surface area contributed by atoms with Crippen molar-refractivity contribution in [3.8, 4) is 45.4 Å². The Kier molecular flexibility index (Phi) is 14.4. The summed E-state index contributed by atoms with van der Waals surface area (Å²) in [5, 5.41) is 2.88. The Labute approximate surface area is 326 Å². The Morgan fingerprint density at radius 3 is 1.79 bits per heavy atom. The number of aryl methyl sites for hydroxylation is 2. The monoisotopic (exact) mass is 764 g/mol. The van der Waals surface area contributed by atoms with Crippen molar-refractivity contribution in [2.75, 3.05) is 68.0 Å². The predicted octanol–water partition coefficient (Wildman–Crippen LogP) is 5.86. The molecule has 0 saturated carbocycles. The molecule has 3 N–H and O–H groups in total. The lowest BCUT2D eigenvalue weighted by molar-refractivity contribution is 0.0511. The van der Waals surface area contributed by atoms with Gasteiger partial charge in [-0.15, -0.1) is 0 Å². The Balaban J connectivity index is 1.62. The minimum Gasteiger partial charge on any atom is -0.496 e. The summed E-state index contributed by atoms with van der Waals surface area (Å²) in [6, 6.07) is 23.8. The van der Waals surface area contributed by atoms with Gasteiger partial charge in [0.05, 0.1) is 77.4 Å². The molecular formula is C43H48N4O9. The fourth-order valence-corrected chi connectivity index (χ4v) is 6.29. The van der Waals surface area contributed by atoms with E-state index in [9.17, 15) is 14.4 Å². The molecule has 1 amide bonds. The summed E-state index contributed by atoms with van der Waals surface area (Å²) in [7, 11) is 5.81. The largest absolute Gasteiger partial charge is 0.496 e. The molecule has 13 nitrogen and oxygen atoms in total. The minimum atomic E-state index is -0.621. The van der Waals surface area contributed by atoms with E-state index in [1.54, 1.807) is 38.5 Å². The minimum absolute atomic E-state index is 0.157. The zero-order chi connectivity index (χ0) is 40.2. The second kappa shape index (κ2) is 19.5. The van der Waals surface area contributed by atoms with Gasteiger partial charge in [-0.3, -0.25) is 4.79 Å². The maximum Gasteiger partial charge on any atom is 0.337 e. The number of nitrogens with zero attached hydrogens (tertiary/aromatic N) is 2. The number of hydrogen-bond donors (Lipinski definition) is 2. The van der Waals surface area contributed by atoms with Crippen LogP contribution in [0.2, 0.25) is 0 Å². The van der Waals surface area contributed by atoms with Gasteiger partial charge in [0.25, 0.3) is 5.91 Å². The molecule has 0 fully saturated rings. The number of ether oxygens (including phenoxy) is 6. The Bertz CT molecular complexity index is 2130. The molecule has 1 heterocycles. The number of carbonyl (C=O) groups excluding carboxylic acids is 3. The average Bonchev–Trinajstić information content (AvgIpc) is 3.59. The molecule has 0 saturated heterocycles. The van der Waals surface area contributed by atoms with Crippen molar-refractivity contribution in [1.29, 1.82) is 0 Å². The lowest BCUT2D eigenvalue weighted by Crippen LogP contribution is -2.27. The molecule has 0 unspecified atom stereocenters. The molecule has 0 atom stereocenters. The van der Waals surface area contributed by atoms with Gasteiger partial charge in [0, 0.05) is 41.9 Å². The quantitative estimate of drug-likeness (QED) is 0.0812. The van der Waals surface area contributed by atoms with Crippen LogP contribution in [0.15, 0.2) is 78.9 Å². The van der Waals surface area contributed by atoms with E-state index in [1.807, 2.05) is 66.9 Å². The molecule has 0 aliphatic carbocycles. The fraction of sp³-hybridized carbons (Fsp3) is 0.302. The summed E-state index contributed by atoms with van der Waals surface area (Å²) >= 11 is 0. The first-order valence-electron chi connectivity index (χ1n) is 18.1. The van der Waals surface area contributed by atoms with E-state index in [1.165, 1.54) is 20.3 Å². The molecule has 4 aromatic carbocycles. The summed E-state index contributed by atoms with van der Waals surface area (Å²) < 4.78 is 34.1. The Hall–Kier alpha value is -6.02. The molecule has 5 rings (SSSR count). The van der Waals surface area contributed by atoms with Gasteiger partial charge < -0.3 is 44.0 Å². The van der Waals surface area contributed by atoms with Gasteiger partial charge in [0.2, 0.25) is 0 Å². The highest BCUT2D eigenvalue weighted by Crippen LogP contribution is 2.40. The number of hydrogen-bond acceptors (Lipinski definition) is 11. The lowest BCUT2D eigenvalue weighted by atomic mass is 10.0. The molecule has 0 aliphatic heterocycles. The third-order valence-corrected chi connectivity index (χ3v) is 9.06. The highest BCUT2D eigenvalue weighted by molar-refractivity contribution is 5.98. The zero-order valence-electron chi connectivity index (χ0n) is 32.6. The molecule has 0 spiro atoms. The van der Waals surface area contributed by atoms with E-state index in [2.05, 4.69) is 5.32 Å². The van der Waals surface area contributed by atoms with Crippen molar-refractivity contribution >= 4 is 17.8 Å². The second-order valence-corrected chi connectivity index (χ2v) is 12.8. The zero-order valence-corrected chi connectivity index (χ0v) is 32.6. The van der Waals surface area contributed by atoms with Crippen LogP contribution in [0.4, 0.5) is 0 Å². The van der Waals surface area contributed by atoms with E-state index in [0.717, 1.165) is 45.0 Å². The van der Waals surface area contributed by atoms with Crippen molar-refractivity contribution in [3.63, 3.8) is 0 Å². The van der Waals surface area contributed by atoms with E-state index < -0.39 is 11.9 Å². The number of nitrogens with one attached hydrogen (secondary N) is 1. The number of amides is 1. The van der Waals surface area contributed by atoms with Crippen molar-refractivity contribution in [2.45, 2.75) is 20.4 Å². The number of imidazole rings is 1. The summed E-state index contributed by atoms with van der Waals surface area (Å²) in [6.45, 7) is 6.70. The highest BCUT2D eigenvalue weighted by Gasteiger charge is 2.25. The standard InChI is InChI=1S/C43H48N4O9/c1-27-21-31(11-13-36(27)51-3)38-39(32-12-14-37(52-4)28(2)22-32)47(40(46-38)33-23-34(42(49)53-5)25-35(24-33)43(50)54-6)26-29-7-9-30(10-8-29)41(48)45-16-18-56-20-19-55-17-15-44/h7-14,21-25H,15-20,26,44H2,1-6H3,(H,45,48). The van der Waals surface area contributed by atoms with E-state index in [0.29, 0.717) is 68.7 Å². The summed E-state index contributed by atoms with van der Waals surface area (Å²) in [4.78, 5) is 44.1. The molecule has 0 aliphatic rings. The molecule has 13 heteroatoms.